The summed E-state index contributed by atoms with van der Waals surface area (Å²) in [6.07, 6.45) is -5.81. The molecule has 0 aliphatic heterocycles. The zero-order valence-electron chi connectivity index (χ0n) is 22.5. The highest BCUT2D eigenvalue weighted by atomic mass is 79.9. The maximum atomic E-state index is 13.2. The number of aryl methyl sites for hydroxylation is 1. The van der Waals surface area contributed by atoms with Crippen molar-refractivity contribution >= 4 is 44.4 Å². The predicted octanol–water partition coefficient (Wildman–Crippen LogP) is 7.60. The van der Waals surface area contributed by atoms with Crippen LogP contribution < -0.4 is 15.4 Å². The minimum atomic E-state index is -4.59. The van der Waals surface area contributed by atoms with Crippen molar-refractivity contribution in [3.05, 3.63) is 87.1 Å². The van der Waals surface area contributed by atoms with Gasteiger partial charge in [-0.05, 0) is 77.2 Å². The van der Waals surface area contributed by atoms with Gasteiger partial charge in [-0.25, -0.2) is 14.8 Å². The molecule has 0 radical (unpaired) electrons. The molecule has 1 amide bonds. The maximum Gasteiger partial charge on any atom is 0.416 e. The minimum absolute atomic E-state index is 0.110. The summed E-state index contributed by atoms with van der Waals surface area (Å²) in [5.74, 6) is 1.83. The number of rotatable bonds is 10. The van der Waals surface area contributed by atoms with E-state index in [4.69, 9.17) is 14.6 Å². The van der Waals surface area contributed by atoms with Crippen LogP contribution in [0.25, 0.3) is 10.9 Å². The molecule has 1 atom stereocenters. The molecule has 1 aromatic heterocycles. The van der Waals surface area contributed by atoms with Crippen LogP contribution in [0, 0.1) is 6.92 Å². The van der Waals surface area contributed by atoms with Crippen LogP contribution in [0.1, 0.15) is 41.0 Å². The number of alkyl halides is 3. The Kier molecular flexibility index (Phi) is 9.34. The maximum absolute atomic E-state index is 13.2. The number of methoxy groups -OCH3 is 1. The highest BCUT2D eigenvalue weighted by molar-refractivity contribution is 9.10. The van der Waals surface area contributed by atoms with Gasteiger partial charge in [-0.2, -0.15) is 13.2 Å². The van der Waals surface area contributed by atoms with Crippen molar-refractivity contribution in [2.75, 3.05) is 31.0 Å². The van der Waals surface area contributed by atoms with E-state index < -0.39 is 17.8 Å². The topological polar surface area (TPSA) is 106 Å². The van der Waals surface area contributed by atoms with Crippen molar-refractivity contribution in [1.29, 1.82) is 0 Å². The summed E-state index contributed by atoms with van der Waals surface area (Å²) in [5.41, 5.74) is 1.81. The summed E-state index contributed by atoms with van der Waals surface area (Å²) in [5, 5.41) is 15.5. The first kappa shape index (κ1) is 30.1. The smallest absolute Gasteiger partial charge is 0.416 e. The fourth-order valence-corrected chi connectivity index (χ4v) is 4.77. The Bertz CT molecular complexity index is 1570. The summed E-state index contributed by atoms with van der Waals surface area (Å²) >= 11 is 3.53. The van der Waals surface area contributed by atoms with Gasteiger partial charge in [-0.15, -0.1) is 0 Å². The van der Waals surface area contributed by atoms with Crippen molar-refractivity contribution < 1.29 is 32.5 Å². The van der Waals surface area contributed by atoms with E-state index >= 15 is 0 Å². The molecule has 3 aromatic carbocycles. The second-order valence-corrected chi connectivity index (χ2v) is 10.2. The zero-order valence-corrected chi connectivity index (χ0v) is 24.1. The normalized spacial score (nSPS) is 12.3. The first-order valence-corrected chi connectivity index (χ1v) is 13.4. The van der Waals surface area contributed by atoms with E-state index in [1.807, 2.05) is 43.3 Å². The molecule has 3 N–H and O–H groups in total. The molecular formula is C29H28BrF3N4O4. The Morgan fingerprint density at radius 1 is 1.10 bits per heavy atom. The number of anilines is 2. The number of nitrogens with one attached hydrogen (secondary N) is 2. The summed E-state index contributed by atoms with van der Waals surface area (Å²) in [7, 11) is 1.60. The quantitative estimate of drug-likeness (QED) is 0.155. The third kappa shape index (κ3) is 7.65. The molecule has 41 heavy (non-hydrogen) atoms. The Morgan fingerprint density at radius 2 is 1.88 bits per heavy atom. The molecule has 8 nitrogen and oxygen atoms in total. The molecule has 0 aliphatic carbocycles. The lowest BCUT2D eigenvalue weighted by atomic mass is 9.98. The van der Waals surface area contributed by atoms with E-state index in [2.05, 4.69) is 36.5 Å². The van der Waals surface area contributed by atoms with Gasteiger partial charge in [-0.3, -0.25) is 5.32 Å². The third-order valence-corrected chi connectivity index (χ3v) is 6.90. The van der Waals surface area contributed by atoms with Crippen LogP contribution in [-0.4, -0.2) is 41.5 Å². The average Bonchev–Trinajstić information content (AvgIpc) is 2.89. The number of nitrogens with zero attached hydrogens (tertiary/aromatic N) is 2. The number of aromatic nitrogens is 2. The number of carbonyl (C=O) groups is 1. The van der Waals surface area contributed by atoms with Gasteiger partial charge in [0.1, 0.15) is 24.0 Å². The van der Waals surface area contributed by atoms with Crippen LogP contribution in [-0.2, 0) is 17.3 Å². The molecule has 4 rings (SSSR count). The number of hydrogen-bond donors (Lipinski definition) is 3. The van der Waals surface area contributed by atoms with E-state index in [-0.39, 0.29) is 18.2 Å². The van der Waals surface area contributed by atoms with Gasteiger partial charge in [0.25, 0.3) is 0 Å². The predicted molar refractivity (Wildman–Crippen MR) is 154 cm³/mol. The van der Waals surface area contributed by atoms with E-state index in [0.29, 0.717) is 36.2 Å². The van der Waals surface area contributed by atoms with Crippen LogP contribution in [0.3, 0.4) is 0 Å². The number of carboxylic acid groups (broad SMARTS) is 1. The van der Waals surface area contributed by atoms with Crippen molar-refractivity contribution in [2.45, 2.75) is 32.5 Å². The monoisotopic (exact) mass is 632 g/mol. The number of ether oxygens (including phenoxy) is 2. The van der Waals surface area contributed by atoms with Gasteiger partial charge in [0, 0.05) is 24.2 Å². The molecule has 0 bridgehead atoms. The summed E-state index contributed by atoms with van der Waals surface area (Å²) < 4.78 is 51.3. The zero-order chi connectivity index (χ0) is 29.7. The first-order chi connectivity index (χ1) is 19.4. The molecule has 0 unspecified atom stereocenters. The number of halogens is 4. The highest BCUT2D eigenvalue weighted by Gasteiger charge is 2.31. The fourth-order valence-electron chi connectivity index (χ4n) is 4.32. The SMILES string of the molecule is COCCOc1cc2c(N[C@H](C)c3cccc(Cc4ccc(C(F)(F)F)cc4NC(=O)O)c3)nc(C)nc2cc1Br. The van der Waals surface area contributed by atoms with Gasteiger partial charge in [0.05, 0.1) is 22.2 Å². The van der Waals surface area contributed by atoms with Crippen LogP contribution in [0.2, 0.25) is 0 Å². The molecule has 12 heteroatoms. The van der Waals surface area contributed by atoms with E-state index in [0.717, 1.165) is 38.6 Å². The summed E-state index contributed by atoms with van der Waals surface area (Å²) in [4.78, 5) is 20.4. The van der Waals surface area contributed by atoms with E-state index in [1.165, 1.54) is 6.07 Å². The van der Waals surface area contributed by atoms with Gasteiger partial charge < -0.3 is 19.9 Å². The lowest BCUT2D eigenvalue weighted by Crippen LogP contribution is -2.13. The van der Waals surface area contributed by atoms with Crippen LogP contribution in [0.5, 0.6) is 5.75 Å². The molecular weight excluding hydrogens is 605 g/mol. The van der Waals surface area contributed by atoms with Crippen molar-refractivity contribution in [3.63, 3.8) is 0 Å². The number of fused-ring (bicyclic) bond motifs is 1. The Balaban J connectivity index is 1.60. The van der Waals surface area contributed by atoms with Crippen molar-refractivity contribution in [3.8, 4) is 5.75 Å². The molecule has 4 aromatic rings. The molecule has 0 saturated carbocycles. The van der Waals surface area contributed by atoms with E-state index in [1.54, 1.807) is 14.0 Å². The van der Waals surface area contributed by atoms with E-state index in [9.17, 15) is 18.0 Å². The second-order valence-electron chi connectivity index (χ2n) is 9.35. The van der Waals surface area contributed by atoms with Gasteiger partial charge in [0.2, 0.25) is 0 Å². The molecule has 216 valence electrons. The number of benzene rings is 3. The standard InChI is InChI=1S/C29H28BrF3N4O4/c1-16(34-27-22-14-26(41-10-9-40-3)23(30)15-25(22)35-17(2)36-27)19-6-4-5-18(11-19)12-20-7-8-21(29(31,32)33)13-24(20)37-28(38)39/h4-8,11,13-16,37H,9-10,12H2,1-3H3,(H,38,39)(H,34,35,36)/t16-/m1/s1. The van der Waals surface area contributed by atoms with Gasteiger partial charge >= 0.3 is 12.3 Å². The Labute approximate surface area is 243 Å². The average molecular weight is 633 g/mol. The second kappa shape index (κ2) is 12.7. The Morgan fingerprint density at radius 3 is 2.59 bits per heavy atom. The van der Waals surface area contributed by atoms with Crippen LogP contribution >= 0.6 is 15.9 Å². The molecule has 0 saturated heterocycles. The highest BCUT2D eigenvalue weighted by Crippen LogP contribution is 2.35. The third-order valence-electron chi connectivity index (χ3n) is 6.28. The Hall–Kier alpha value is -3.90. The molecule has 0 spiro atoms. The fraction of sp³-hybridized carbons (Fsp3) is 0.276. The van der Waals surface area contributed by atoms with Crippen molar-refractivity contribution in [2.24, 2.45) is 0 Å². The molecule has 0 aliphatic rings. The minimum Gasteiger partial charge on any atom is -0.490 e. The van der Waals surface area contributed by atoms with Gasteiger partial charge in [-0.1, -0.05) is 30.3 Å². The summed E-state index contributed by atoms with van der Waals surface area (Å²) in [6, 6.07) is 14.1. The van der Waals surface area contributed by atoms with Crippen molar-refractivity contribution in [1.82, 2.24) is 9.97 Å². The lowest BCUT2D eigenvalue weighted by molar-refractivity contribution is -0.137. The summed E-state index contributed by atoms with van der Waals surface area (Å²) in [6.45, 7) is 4.59. The number of amides is 1. The van der Waals surface area contributed by atoms with Crippen LogP contribution in [0.4, 0.5) is 29.5 Å². The largest absolute Gasteiger partial charge is 0.490 e. The van der Waals surface area contributed by atoms with Gasteiger partial charge in [0.15, 0.2) is 0 Å². The number of hydrogen-bond acceptors (Lipinski definition) is 6. The molecule has 1 heterocycles. The van der Waals surface area contributed by atoms with Crippen LogP contribution in [0.15, 0.2) is 59.1 Å². The molecule has 0 fully saturated rings. The first-order valence-electron chi connectivity index (χ1n) is 12.6. The lowest BCUT2D eigenvalue weighted by Gasteiger charge is -2.19.